The SMILES string of the molecule is CCOc1ccc(S(=O)(=O)NCCc2nc(C)cc(C(F)(F)F)n2)cc1. The Hall–Kier alpha value is -2.20. The Labute approximate surface area is 149 Å². The molecule has 0 spiro atoms. The Kier molecular flexibility index (Phi) is 6.19. The Morgan fingerprint density at radius 2 is 1.81 bits per heavy atom. The summed E-state index contributed by atoms with van der Waals surface area (Å²) < 4.78 is 70.3. The third-order valence-corrected chi connectivity index (χ3v) is 4.75. The third-order valence-electron chi connectivity index (χ3n) is 3.28. The van der Waals surface area contributed by atoms with Crippen LogP contribution in [0.25, 0.3) is 0 Å². The van der Waals surface area contributed by atoms with Crippen LogP contribution in [-0.2, 0) is 22.6 Å². The van der Waals surface area contributed by atoms with Crippen molar-refractivity contribution in [1.29, 1.82) is 0 Å². The lowest BCUT2D eigenvalue weighted by Gasteiger charge is -2.10. The fourth-order valence-electron chi connectivity index (χ4n) is 2.15. The van der Waals surface area contributed by atoms with E-state index in [1.54, 1.807) is 0 Å². The van der Waals surface area contributed by atoms with Crippen molar-refractivity contribution >= 4 is 10.0 Å². The van der Waals surface area contributed by atoms with Crippen LogP contribution in [0.5, 0.6) is 5.75 Å². The largest absolute Gasteiger partial charge is 0.494 e. The van der Waals surface area contributed by atoms with Crippen molar-refractivity contribution in [2.45, 2.75) is 31.3 Å². The quantitative estimate of drug-likeness (QED) is 0.788. The van der Waals surface area contributed by atoms with Gasteiger partial charge in [0.15, 0.2) is 0 Å². The van der Waals surface area contributed by atoms with Crippen LogP contribution in [-0.4, -0.2) is 31.5 Å². The van der Waals surface area contributed by atoms with Crippen molar-refractivity contribution in [2.24, 2.45) is 0 Å². The van der Waals surface area contributed by atoms with Gasteiger partial charge in [-0.05, 0) is 44.2 Å². The highest BCUT2D eigenvalue weighted by Crippen LogP contribution is 2.27. The minimum Gasteiger partial charge on any atom is -0.494 e. The van der Waals surface area contributed by atoms with Crippen LogP contribution in [0, 0.1) is 6.92 Å². The van der Waals surface area contributed by atoms with Crippen molar-refractivity contribution < 1.29 is 26.3 Å². The van der Waals surface area contributed by atoms with E-state index in [9.17, 15) is 21.6 Å². The van der Waals surface area contributed by atoms with Crippen molar-refractivity contribution in [3.05, 3.63) is 47.5 Å². The summed E-state index contributed by atoms with van der Waals surface area (Å²) in [4.78, 5) is 7.38. The maximum Gasteiger partial charge on any atom is 0.433 e. The van der Waals surface area contributed by atoms with Gasteiger partial charge in [-0.3, -0.25) is 0 Å². The second kappa shape index (κ2) is 8.00. The van der Waals surface area contributed by atoms with E-state index >= 15 is 0 Å². The average Bonchev–Trinajstić information content (AvgIpc) is 2.54. The lowest BCUT2D eigenvalue weighted by Crippen LogP contribution is -2.26. The number of sulfonamides is 1. The maximum atomic E-state index is 12.8. The van der Waals surface area contributed by atoms with Gasteiger partial charge in [0.25, 0.3) is 0 Å². The summed E-state index contributed by atoms with van der Waals surface area (Å²) in [5.74, 6) is 0.464. The molecule has 1 N–H and O–H groups in total. The predicted molar refractivity (Wildman–Crippen MR) is 88.3 cm³/mol. The van der Waals surface area contributed by atoms with Crippen molar-refractivity contribution in [3.8, 4) is 5.75 Å². The van der Waals surface area contributed by atoms with Crippen molar-refractivity contribution in [2.75, 3.05) is 13.2 Å². The highest BCUT2D eigenvalue weighted by atomic mass is 32.2. The van der Waals surface area contributed by atoms with Gasteiger partial charge in [-0.2, -0.15) is 13.2 Å². The van der Waals surface area contributed by atoms with Crippen LogP contribution < -0.4 is 9.46 Å². The number of rotatable bonds is 7. The minimum atomic E-state index is -4.58. The Balaban J connectivity index is 2.03. The number of nitrogens with zero attached hydrogens (tertiary/aromatic N) is 2. The molecule has 2 rings (SSSR count). The highest BCUT2D eigenvalue weighted by Gasteiger charge is 2.33. The molecule has 1 aromatic carbocycles. The van der Waals surface area contributed by atoms with Gasteiger partial charge in [0.1, 0.15) is 17.3 Å². The molecule has 0 bridgehead atoms. The summed E-state index contributed by atoms with van der Waals surface area (Å²) in [6.45, 7) is 3.56. The van der Waals surface area contributed by atoms with Crippen molar-refractivity contribution in [3.63, 3.8) is 0 Å². The molecule has 1 heterocycles. The Bertz CT molecular complexity index is 853. The van der Waals surface area contributed by atoms with E-state index in [0.717, 1.165) is 6.07 Å². The molecule has 0 aliphatic carbocycles. The number of aromatic nitrogens is 2. The van der Waals surface area contributed by atoms with Gasteiger partial charge in [0, 0.05) is 18.7 Å². The minimum absolute atomic E-state index is 0.0297. The zero-order valence-corrected chi connectivity index (χ0v) is 15.0. The Morgan fingerprint density at radius 1 is 1.15 bits per heavy atom. The molecule has 0 saturated heterocycles. The zero-order chi connectivity index (χ0) is 19.4. The van der Waals surface area contributed by atoms with Gasteiger partial charge in [0.05, 0.1) is 11.5 Å². The number of benzene rings is 1. The third kappa shape index (κ3) is 5.40. The molecule has 0 fully saturated rings. The van der Waals surface area contributed by atoms with Crippen LogP contribution in [0.2, 0.25) is 0 Å². The zero-order valence-electron chi connectivity index (χ0n) is 14.2. The predicted octanol–water partition coefficient (Wildman–Crippen LogP) is 2.72. The van der Waals surface area contributed by atoms with Gasteiger partial charge in [-0.15, -0.1) is 0 Å². The standard InChI is InChI=1S/C16H18F3N3O3S/c1-3-25-12-4-6-13(7-5-12)26(23,24)20-9-8-15-21-11(2)10-14(22-15)16(17,18)19/h4-7,10,20H,3,8-9H2,1-2H3. The molecule has 0 radical (unpaired) electrons. The van der Waals surface area contributed by atoms with Crippen LogP contribution in [0.3, 0.4) is 0 Å². The molecule has 0 aliphatic heterocycles. The summed E-state index contributed by atoms with van der Waals surface area (Å²) in [5.41, 5.74) is -0.883. The van der Waals surface area contributed by atoms with Crippen LogP contribution in [0.1, 0.15) is 24.1 Å². The van der Waals surface area contributed by atoms with E-state index < -0.39 is 21.9 Å². The normalized spacial score (nSPS) is 12.2. The van der Waals surface area contributed by atoms with E-state index in [0.29, 0.717) is 12.4 Å². The lowest BCUT2D eigenvalue weighted by molar-refractivity contribution is -0.141. The van der Waals surface area contributed by atoms with Crippen LogP contribution in [0.4, 0.5) is 13.2 Å². The molecule has 26 heavy (non-hydrogen) atoms. The topological polar surface area (TPSA) is 81.2 Å². The fourth-order valence-corrected chi connectivity index (χ4v) is 3.18. The van der Waals surface area contributed by atoms with Gasteiger partial charge in [0.2, 0.25) is 10.0 Å². The number of hydrogen-bond acceptors (Lipinski definition) is 5. The number of nitrogens with one attached hydrogen (secondary N) is 1. The van der Waals surface area contributed by atoms with Gasteiger partial charge in [-0.25, -0.2) is 23.1 Å². The Morgan fingerprint density at radius 3 is 2.38 bits per heavy atom. The summed E-state index contributed by atoms with van der Waals surface area (Å²) in [5, 5.41) is 0. The number of alkyl halides is 3. The van der Waals surface area contributed by atoms with Crippen LogP contribution >= 0.6 is 0 Å². The molecular formula is C16H18F3N3O3S. The molecule has 10 heteroatoms. The molecule has 0 atom stereocenters. The molecule has 1 aromatic heterocycles. The molecule has 6 nitrogen and oxygen atoms in total. The molecule has 0 aliphatic rings. The molecule has 0 amide bonds. The summed E-state index contributed by atoms with van der Waals surface area (Å²) in [6.07, 6.45) is -4.65. The average molecular weight is 389 g/mol. The van der Waals surface area contributed by atoms with Crippen LogP contribution in [0.15, 0.2) is 35.2 Å². The van der Waals surface area contributed by atoms with Gasteiger partial charge in [-0.1, -0.05) is 0 Å². The lowest BCUT2D eigenvalue weighted by atomic mass is 10.3. The monoisotopic (exact) mass is 389 g/mol. The summed E-state index contributed by atoms with van der Waals surface area (Å²) in [6, 6.07) is 6.67. The molecule has 0 saturated carbocycles. The first kappa shape index (κ1) is 20.1. The van der Waals surface area contributed by atoms with Crippen molar-refractivity contribution in [1.82, 2.24) is 14.7 Å². The highest BCUT2D eigenvalue weighted by molar-refractivity contribution is 7.89. The first-order valence-electron chi connectivity index (χ1n) is 7.76. The molecule has 142 valence electrons. The van der Waals surface area contributed by atoms with Gasteiger partial charge < -0.3 is 4.74 Å². The van der Waals surface area contributed by atoms with Gasteiger partial charge >= 0.3 is 6.18 Å². The second-order valence-electron chi connectivity index (χ2n) is 5.36. The smallest absolute Gasteiger partial charge is 0.433 e. The molecule has 2 aromatic rings. The molecule has 0 unspecified atom stereocenters. The van der Waals surface area contributed by atoms with E-state index in [4.69, 9.17) is 4.74 Å². The van der Waals surface area contributed by atoms with E-state index in [1.807, 2.05) is 6.92 Å². The number of aryl methyl sites for hydroxylation is 1. The maximum absolute atomic E-state index is 12.8. The summed E-state index contributed by atoms with van der Waals surface area (Å²) >= 11 is 0. The van der Waals surface area contributed by atoms with E-state index in [1.165, 1.54) is 31.2 Å². The second-order valence-corrected chi connectivity index (χ2v) is 7.13. The van der Waals surface area contributed by atoms with E-state index in [-0.39, 0.29) is 29.4 Å². The first-order valence-corrected chi connectivity index (χ1v) is 9.24. The summed E-state index contributed by atoms with van der Waals surface area (Å²) in [7, 11) is -3.79. The molecular weight excluding hydrogens is 371 g/mol. The number of ether oxygens (including phenoxy) is 1. The first-order chi connectivity index (χ1) is 12.1. The fraction of sp³-hybridized carbons (Fsp3) is 0.375. The van der Waals surface area contributed by atoms with E-state index in [2.05, 4.69) is 14.7 Å². The number of halogens is 3. The number of hydrogen-bond donors (Lipinski definition) is 1.